The van der Waals surface area contributed by atoms with Gasteiger partial charge < -0.3 is 15.5 Å². The van der Waals surface area contributed by atoms with Crippen molar-refractivity contribution in [2.75, 3.05) is 25.0 Å². The van der Waals surface area contributed by atoms with Crippen molar-refractivity contribution in [3.8, 4) is 0 Å². The highest BCUT2D eigenvalue weighted by atomic mass is 16.2. The first kappa shape index (κ1) is 20.6. The number of carbonyl (C=O) groups is 3. The van der Waals surface area contributed by atoms with Crippen LogP contribution in [0.4, 0.5) is 5.69 Å². The largest absolute Gasteiger partial charge is 0.355 e. The first-order valence-corrected chi connectivity index (χ1v) is 10.1. The van der Waals surface area contributed by atoms with Gasteiger partial charge in [0.05, 0.1) is 6.42 Å². The minimum absolute atomic E-state index is 0.0106. The first-order chi connectivity index (χ1) is 14.1. The van der Waals surface area contributed by atoms with Crippen molar-refractivity contribution in [2.45, 2.75) is 25.7 Å². The number of amides is 3. The van der Waals surface area contributed by atoms with E-state index in [2.05, 4.69) is 10.6 Å². The van der Waals surface area contributed by atoms with Crippen molar-refractivity contribution >= 4 is 23.4 Å². The maximum Gasteiger partial charge on any atom is 0.227 e. The number of hydrogen-bond acceptors (Lipinski definition) is 3. The highest BCUT2D eigenvalue weighted by Crippen LogP contribution is 2.20. The smallest absolute Gasteiger partial charge is 0.227 e. The van der Waals surface area contributed by atoms with Gasteiger partial charge in [0.2, 0.25) is 17.7 Å². The normalized spacial score (nSPS) is 14.3. The Labute approximate surface area is 171 Å². The molecule has 1 saturated heterocycles. The van der Waals surface area contributed by atoms with Crippen LogP contribution in [0.25, 0.3) is 0 Å². The molecule has 2 aromatic carbocycles. The van der Waals surface area contributed by atoms with Crippen LogP contribution in [0.2, 0.25) is 0 Å². The molecule has 2 N–H and O–H groups in total. The second-order valence-corrected chi connectivity index (χ2v) is 7.27. The molecule has 0 saturated carbocycles. The highest BCUT2D eigenvalue weighted by Gasteiger charge is 2.27. The lowest BCUT2D eigenvalue weighted by molar-refractivity contribution is -0.134. The Bertz CT molecular complexity index is 816. The standard InChI is InChI=1S/C23H27N3O3/c27-21(17-18-7-3-1-4-8-18)24-14-11-22(28)26-15-12-19(13-16-26)23(29)25-20-9-5-2-6-10-20/h1-10,19H,11-17H2,(H,24,27)(H,25,29). The summed E-state index contributed by atoms with van der Waals surface area (Å²) in [6, 6.07) is 18.9. The van der Waals surface area contributed by atoms with Crippen LogP contribution in [0.15, 0.2) is 60.7 Å². The van der Waals surface area contributed by atoms with E-state index in [9.17, 15) is 14.4 Å². The summed E-state index contributed by atoms with van der Waals surface area (Å²) in [6.45, 7) is 1.48. The SMILES string of the molecule is O=C(Cc1ccccc1)NCCC(=O)N1CCC(C(=O)Nc2ccccc2)CC1. The molecule has 6 heteroatoms. The molecular weight excluding hydrogens is 366 g/mol. The molecule has 0 radical (unpaired) electrons. The Hall–Kier alpha value is -3.15. The second-order valence-electron chi connectivity index (χ2n) is 7.27. The fourth-order valence-corrected chi connectivity index (χ4v) is 3.47. The number of benzene rings is 2. The Morgan fingerprint density at radius 2 is 1.52 bits per heavy atom. The second kappa shape index (κ2) is 10.4. The molecular formula is C23H27N3O3. The maximum atomic E-state index is 12.4. The zero-order valence-electron chi connectivity index (χ0n) is 16.5. The molecule has 0 atom stereocenters. The summed E-state index contributed by atoms with van der Waals surface area (Å²) in [5.41, 5.74) is 1.74. The third kappa shape index (κ3) is 6.45. The van der Waals surface area contributed by atoms with E-state index in [1.165, 1.54) is 0 Å². The van der Waals surface area contributed by atoms with Crippen LogP contribution in [0.3, 0.4) is 0 Å². The molecule has 1 fully saturated rings. The van der Waals surface area contributed by atoms with Crippen LogP contribution in [0.1, 0.15) is 24.8 Å². The van der Waals surface area contributed by atoms with Crippen molar-refractivity contribution in [2.24, 2.45) is 5.92 Å². The van der Waals surface area contributed by atoms with Crippen LogP contribution in [-0.2, 0) is 20.8 Å². The van der Waals surface area contributed by atoms with Gasteiger partial charge in [0, 0.05) is 37.7 Å². The van der Waals surface area contributed by atoms with Gasteiger partial charge in [0.1, 0.15) is 0 Å². The van der Waals surface area contributed by atoms with Gasteiger partial charge in [-0.3, -0.25) is 14.4 Å². The van der Waals surface area contributed by atoms with Crippen LogP contribution < -0.4 is 10.6 Å². The average Bonchev–Trinajstić information content (AvgIpc) is 2.75. The molecule has 1 aliphatic rings. The number of piperidine rings is 1. The van der Waals surface area contributed by atoms with Gasteiger partial charge in [0.15, 0.2) is 0 Å². The van der Waals surface area contributed by atoms with E-state index in [4.69, 9.17) is 0 Å². The molecule has 0 aromatic heterocycles. The van der Waals surface area contributed by atoms with Gasteiger partial charge in [-0.15, -0.1) is 0 Å². The van der Waals surface area contributed by atoms with Crippen molar-refractivity contribution in [1.82, 2.24) is 10.2 Å². The molecule has 2 aromatic rings. The number of nitrogens with zero attached hydrogens (tertiary/aromatic N) is 1. The Morgan fingerprint density at radius 3 is 2.17 bits per heavy atom. The maximum absolute atomic E-state index is 12.4. The number of para-hydroxylation sites is 1. The third-order valence-electron chi connectivity index (χ3n) is 5.13. The molecule has 1 heterocycles. The van der Waals surface area contributed by atoms with E-state index in [0.29, 0.717) is 38.9 Å². The van der Waals surface area contributed by atoms with Crippen molar-refractivity contribution in [3.63, 3.8) is 0 Å². The summed E-state index contributed by atoms with van der Waals surface area (Å²) in [5.74, 6) is -0.131. The number of nitrogens with one attached hydrogen (secondary N) is 2. The van der Waals surface area contributed by atoms with Gasteiger partial charge >= 0.3 is 0 Å². The number of anilines is 1. The van der Waals surface area contributed by atoms with E-state index in [1.807, 2.05) is 60.7 Å². The Morgan fingerprint density at radius 1 is 0.897 bits per heavy atom. The van der Waals surface area contributed by atoms with Crippen molar-refractivity contribution in [1.29, 1.82) is 0 Å². The van der Waals surface area contributed by atoms with Gasteiger partial charge in [-0.25, -0.2) is 0 Å². The quantitative estimate of drug-likeness (QED) is 0.759. The highest BCUT2D eigenvalue weighted by molar-refractivity contribution is 5.92. The van der Waals surface area contributed by atoms with Gasteiger partial charge in [-0.2, -0.15) is 0 Å². The fourth-order valence-electron chi connectivity index (χ4n) is 3.47. The van der Waals surface area contributed by atoms with Crippen LogP contribution in [-0.4, -0.2) is 42.3 Å². The summed E-state index contributed by atoms with van der Waals surface area (Å²) in [5, 5.41) is 5.74. The zero-order valence-corrected chi connectivity index (χ0v) is 16.5. The summed E-state index contributed by atoms with van der Waals surface area (Å²) < 4.78 is 0. The molecule has 0 bridgehead atoms. The fraction of sp³-hybridized carbons (Fsp3) is 0.348. The monoisotopic (exact) mass is 393 g/mol. The molecule has 29 heavy (non-hydrogen) atoms. The molecule has 3 amide bonds. The van der Waals surface area contributed by atoms with E-state index in [-0.39, 0.29) is 30.1 Å². The Kier molecular flexibility index (Phi) is 7.39. The number of carbonyl (C=O) groups excluding carboxylic acids is 3. The number of likely N-dealkylation sites (tertiary alicyclic amines) is 1. The summed E-state index contributed by atoms with van der Waals surface area (Å²) in [7, 11) is 0. The van der Waals surface area contributed by atoms with E-state index in [1.54, 1.807) is 4.90 Å². The van der Waals surface area contributed by atoms with Crippen LogP contribution in [0, 0.1) is 5.92 Å². The Balaban J connectivity index is 1.34. The molecule has 0 unspecified atom stereocenters. The predicted molar refractivity (Wildman–Crippen MR) is 112 cm³/mol. The van der Waals surface area contributed by atoms with E-state index >= 15 is 0 Å². The van der Waals surface area contributed by atoms with Gasteiger partial charge in [-0.05, 0) is 30.5 Å². The lowest BCUT2D eigenvalue weighted by atomic mass is 9.95. The molecule has 0 spiro atoms. The molecule has 6 nitrogen and oxygen atoms in total. The minimum Gasteiger partial charge on any atom is -0.355 e. The lowest BCUT2D eigenvalue weighted by Gasteiger charge is -2.31. The predicted octanol–water partition coefficient (Wildman–Crippen LogP) is 2.61. The van der Waals surface area contributed by atoms with Crippen LogP contribution in [0.5, 0.6) is 0 Å². The average molecular weight is 393 g/mol. The summed E-state index contributed by atoms with van der Waals surface area (Å²) in [4.78, 5) is 38.5. The van der Waals surface area contributed by atoms with Gasteiger partial charge in [-0.1, -0.05) is 48.5 Å². The van der Waals surface area contributed by atoms with Crippen molar-refractivity contribution < 1.29 is 14.4 Å². The van der Waals surface area contributed by atoms with E-state index in [0.717, 1.165) is 11.3 Å². The number of rotatable bonds is 7. The third-order valence-corrected chi connectivity index (χ3v) is 5.13. The number of hydrogen-bond donors (Lipinski definition) is 2. The van der Waals surface area contributed by atoms with Crippen molar-refractivity contribution in [3.05, 3.63) is 66.2 Å². The topological polar surface area (TPSA) is 78.5 Å². The molecule has 0 aliphatic carbocycles. The first-order valence-electron chi connectivity index (χ1n) is 10.1. The lowest BCUT2D eigenvalue weighted by Crippen LogP contribution is -2.42. The molecule has 3 rings (SSSR count). The summed E-state index contributed by atoms with van der Waals surface area (Å²) >= 11 is 0. The van der Waals surface area contributed by atoms with E-state index < -0.39 is 0 Å². The minimum atomic E-state index is -0.0831. The summed E-state index contributed by atoms with van der Waals surface area (Å²) in [6.07, 6.45) is 1.91. The molecule has 152 valence electrons. The van der Waals surface area contributed by atoms with Crippen LogP contribution >= 0.6 is 0 Å². The zero-order chi connectivity index (χ0) is 20.5. The van der Waals surface area contributed by atoms with Gasteiger partial charge in [0.25, 0.3) is 0 Å². The molecule has 1 aliphatic heterocycles.